The first-order valence-corrected chi connectivity index (χ1v) is 2.54. The maximum atomic E-state index is 10.6. The molecular formula is C4H3N3O4. The van der Waals surface area contributed by atoms with Gasteiger partial charge in [0.15, 0.2) is 0 Å². The van der Waals surface area contributed by atoms with Gasteiger partial charge < -0.3 is 5.11 Å². The molecule has 0 atom stereocenters. The van der Waals surface area contributed by atoms with Gasteiger partial charge in [0.25, 0.3) is 0 Å². The predicted octanol–water partition coefficient (Wildman–Crippen LogP) is -0.616. The summed E-state index contributed by atoms with van der Waals surface area (Å²) in [5, 5.41) is 23.7. The molecule has 58 valence electrons. The van der Waals surface area contributed by atoms with Crippen LogP contribution in [0.25, 0.3) is 0 Å². The van der Waals surface area contributed by atoms with Gasteiger partial charge in [0.05, 0.1) is 11.1 Å². The fourth-order valence-electron chi connectivity index (χ4n) is 0.559. The van der Waals surface area contributed by atoms with Gasteiger partial charge in [0.2, 0.25) is 5.75 Å². The summed E-state index contributed by atoms with van der Waals surface area (Å²) in [7, 11) is 0. The Labute approximate surface area is 59.4 Å². The van der Waals surface area contributed by atoms with Gasteiger partial charge in [-0.05, 0) is 0 Å². The van der Waals surface area contributed by atoms with Gasteiger partial charge in [0.1, 0.15) is 0 Å². The van der Waals surface area contributed by atoms with E-state index in [1.807, 2.05) is 5.10 Å². The summed E-state index contributed by atoms with van der Waals surface area (Å²) < 4.78 is 0. The van der Waals surface area contributed by atoms with Crippen LogP contribution >= 0.6 is 0 Å². The van der Waals surface area contributed by atoms with Crippen LogP contribution in [0.4, 0.5) is 5.69 Å². The molecule has 7 nitrogen and oxygen atoms in total. The molecule has 1 aromatic rings. The van der Waals surface area contributed by atoms with Crippen molar-refractivity contribution in [1.82, 2.24) is 10.2 Å². The lowest BCUT2D eigenvalue weighted by atomic mass is 10.4. The fourth-order valence-corrected chi connectivity index (χ4v) is 0.559. The van der Waals surface area contributed by atoms with Crippen LogP contribution in [0.15, 0.2) is 11.0 Å². The molecule has 0 spiro atoms. The average Bonchev–Trinajstić information content (AvgIpc) is 1.85. The number of nitrogens with one attached hydrogen (secondary N) is 1. The van der Waals surface area contributed by atoms with Crippen LogP contribution in [-0.4, -0.2) is 20.2 Å². The van der Waals surface area contributed by atoms with Gasteiger partial charge in [-0.2, -0.15) is 5.10 Å². The lowest BCUT2D eigenvalue weighted by molar-refractivity contribution is -0.387. The molecular weight excluding hydrogens is 154 g/mol. The minimum Gasteiger partial charge on any atom is -0.501 e. The molecule has 11 heavy (non-hydrogen) atoms. The summed E-state index contributed by atoms with van der Waals surface area (Å²) >= 11 is 0. The SMILES string of the molecule is O=c1[nH]ncc(O)c1[N+](=O)[O-]. The molecule has 0 saturated carbocycles. The predicted molar refractivity (Wildman–Crippen MR) is 33.2 cm³/mol. The smallest absolute Gasteiger partial charge is 0.378 e. The summed E-state index contributed by atoms with van der Waals surface area (Å²) in [6.45, 7) is 0. The second kappa shape index (κ2) is 2.37. The van der Waals surface area contributed by atoms with E-state index in [4.69, 9.17) is 5.11 Å². The largest absolute Gasteiger partial charge is 0.501 e. The first kappa shape index (κ1) is 7.19. The summed E-state index contributed by atoms with van der Waals surface area (Å²) in [5.41, 5.74) is -1.91. The molecule has 0 saturated heterocycles. The number of nitrogens with zero attached hydrogens (tertiary/aromatic N) is 2. The van der Waals surface area contributed by atoms with E-state index < -0.39 is 21.9 Å². The van der Waals surface area contributed by atoms with Gasteiger partial charge in [-0.3, -0.25) is 14.9 Å². The number of hydrogen-bond donors (Lipinski definition) is 2. The first-order valence-electron chi connectivity index (χ1n) is 2.54. The van der Waals surface area contributed by atoms with Crippen LogP contribution < -0.4 is 5.56 Å². The van der Waals surface area contributed by atoms with Gasteiger partial charge in [-0.15, -0.1) is 0 Å². The Kier molecular flexibility index (Phi) is 1.55. The molecule has 0 aliphatic rings. The van der Waals surface area contributed by atoms with Crippen LogP contribution in [-0.2, 0) is 0 Å². The highest BCUT2D eigenvalue weighted by Gasteiger charge is 2.18. The summed E-state index contributed by atoms with van der Waals surface area (Å²) in [6, 6.07) is 0. The van der Waals surface area contributed by atoms with E-state index in [2.05, 4.69) is 5.10 Å². The molecule has 1 heterocycles. The van der Waals surface area contributed by atoms with Gasteiger partial charge >= 0.3 is 11.2 Å². The van der Waals surface area contributed by atoms with E-state index in [-0.39, 0.29) is 0 Å². The molecule has 1 aromatic heterocycles. The molecule has 0 unspecified atom stereocenters. The van der Waals surface area contributed by atoms with Crippen molar-refractivity contribution in [3.05, 3.63) is 26.7 Å². The highest BCUT2D eigenvalue weighted by atomic mass is 16.6. The van der Waals surface area contributed by atoms with Crippen LogP contribution in [0.3, 0.4) is 0 Å². The number of rotatable bonds is 1. The van der Waals surface area contributed by atoms with E-state index in [9.17, 15) is 14.9 Å². The Balaban J connectivity index is 3.45. The third-order valence-electron chi connectivity index (χ3n) is 0.993. The Morgan fingerprint density at radius 2 is 2.36 bits per heavy atom. The molecule has 1 rings (SSSR count). The zero-order valence-corrected chi connectivity index (χ0v) is 5.14. The van der Waals surface area contributed by atoms with Crippen LogP contribution in [0, 0.1) is 10.1 Å². The molecule has 0 aromatic carbocycles. The number of aromatic hydroxyl groups is 1. The summed E-state index contributed by atoms with van der Waals surface area (Å²) in [4.78, 5) is 19.6. The van der Waals surface area contributed by atoms with E-state index in [0.717, 1.165) is 6.20 Å². The number of aromatic amines is 1. The van der Waals surface area contributed by atoms with Crippen molar-refractivity contribution in [2.45, 2.75) is 0 Å². The Hall–Kier alpha value is -1.92. The van der Waals surface area contributed by atoms with Crippen molar-refractivity contribution < 1.29 is 10.0 Å². The van der Waals surface area contributed by atoms with Crippen molar-refractivity contribution in [3.63, 3.8) is 0 Å². The number of aromatic nitrogens is 2. The highest BCUT2D eigenvalue weighted by Crippen LogP contribution is 2.16. The molecule has 7 heteroatoms. The van der Waals surface area contributed by atoms with Gasteiger partial charge in [0, 0.05) is 0 Å². The monoisotopic (exact) mass is 157 g/mol. The molecule has 0 aliphatic carbocycles. The van der Waals surface area contributed by atoms with E-state index in [0.29, 0.717) is 0 Å². The van der Waals surface area contributed by atoms with Crippen molar-refractivity contribution >= 4 is 5.69 Å². The lowest BCUT2D eigenvalue weighted by Crippen LogP contribution is -2.12. The lowest BCUT2D eigenvalue weighted by Gasteiger charge is -1.90. The van der Waals surface area contributed by atoms with Crippen molar-refractivity contribution in [3.8, 4) is 5.75 Å². The third-order valence-corrected chi connectivity index (χ3v) is 0.993. The number of nitro groups is 1. The molecule has 0 aliphatic heterocycles. The van der Waals surface area contributed by atoms with Crippen molar-refractivity contribution in [2.75, 3.05) is 0 Å². The zero-order chi connectivity index (χ0) is 8.43. The first-order chi connectivity index (χ1) is 5.13. The summed E-state index contributed by atoms with van der Waals surface area (Å²) in [5.74, 6) is -0.737. The zero-order valence-electron chi connectivity index (χ0n) is 5.14. The van der Waals surface area contributed by atoms with E-state index in [1.54, 1.807) is 0 Å². The number of hydrogen-bond acceptors (Lipinski definition) is 5. The summed E-state index contributed by atoms with van der Waals surface area (Å²) in [6.07, 6.45) is 0.791. The molecule has 2 N–H and O–H groups in total. The van der Waals surface area contributed by atoms with Gasteiger partial charge in [-0.25, -0.2) is 5.10 Å². The Morgan fingerprint density at radius 1 is 1.73 bits per heavy atom. The van der Waals surface area contributed by atoms with Crippen molar-refractivity contribution in [1.29, 1.82) is 0 Å². The molecule has 0 bridgehead atoms. The fraction of sp³-hybridized carbons (Fsp3) is 0. The van der Waals surface area contributed by atoms with Gasteiger partial charge in [-0.1, -0.05) is 0 Å². The van der Waals surface area contributed by atoms with E-state index >= 15 is 0 Å². The second-order valence-electron chi connectivity index (χ2n) is 1.69. The molecule has 0 fully saturated rings. The van der Waals surface area contributed by atoms with Crippen LogP contribution in [0.1, 0.15) is 0 Å². The standard InChI is InChI=1S/C4H3N3O4/c8-2-1-5-6-4(9)3(2)7(10)11/h1H,(H2,6,8,9). The average molecular weight is 157 g/mol. The second-order valence-corrected chi connectivity index (χ2v) is 1.69. The normalized spacial score (nSPS) is 9.45. The van der Waals surface area contributed by atoms with Crippen LogP contribution in [0.2, 0.25) is 0 Å². The topological polar surface area (TPSA) is 109 Å². The number of H-pyrrole nitrogens is 1. The Bertz CT molecular complexity index is 343. The highest BCUT2D eigenvalue weighted by molar-refractivity contribution is 5.39. The maximum absolute atomic E-state index is 10.6. The third kappa shape index (κ3) is 1.16. The van der Waals surface area contributed by atoms with Crippen LogP contribution in [0.5, 0.6) is 5.75 Å². The molecule has 0 radical (unpaired) electrons. The maximum Gasteiger partial charge on any atom is 0.378 e. The molecule has 0 amide bonds. The van der Waals surface area contributed by atoms with E-state index in [1.165, 1.54) is 0 Å². The minimum absolute atomic E-state index is 0.737. The quantitative estimate of drug-likeness (QED) is 0.417. The minimum atomic E-state index is -1.02. The Morgan fingerprint density at radius 3 is 2.73 bits per heavy atom. The van der Waals surface area contributed by atoms with Crippen molar-refractivity contribution in [2.24, 2.45) is 0 Å².